The van der Waals surface area contributed by atoms with Gasteiger partial charge in [0.05, 0.1) is 5.69 Å². The van der Waals surface area contributed by atoms with Gasteiger partial charge in [0.25, 0.3) is 0 Å². The fourth-order valence-corrected chi connectivity index (χ4v) is 2.87. The Kier molecular flexibility index (Phi) is 4.66. The second kappa shape index (κ2) is 6.55. The molecule has 1 saturated carbocycles. The van der Waals surface area contributed by atoms with Gasteiger partial charge in [0.2, 0.25) is 4.73 Å². The van der Waals surface area contributed by atoms with Crippen LogP contribution in [0.3, 0.4) is 0 Å². The van der Waals surface area contributed by atoms with Crippen molar-refractivity contribution in [3.05, 3.63) is 34.8 Å². The minimum absolute atomic E-state index is 0.121. The third kappa shape index (κ3) is 4.73. The molecule has 3 rings (SSSR count). The van der Waals surface area contributed by atoms with Gasteiger partial charge in [-0.1, -0.05) is 19.3 Å². The summed E-state index contributed by atoms with van der Waals surface area (Å²) in [5.74, 6) is 1.88. The predicted molar refractivity (Wildman–Crippen MR) is 86.0 cm³/mol. The Bertz CT molecular complexity index is 663. The summed E-state index contributed by atoms with van der Waals surface area (Å²) in [4.78, 5) is 4.40. The van der Waals surface area contributed by atoms with Crippen LogP contribution in [-0.2, 0) is 6.42 Å². The molecular formula is C16H18BrF2N3O. The maximum atomic E-state index is 12.9. The van der Waals surface area contributed by atoms with Crippen molar-refractivity contribution >= 4 is 15.9 Å². The van der Waals surface area contributed by atoms with E-state index in [0.29, 0.717) is 11.7 Å². The van der Waals surface area contributed by atoms with Gasteiger partial charge in [-0.05, 0) is 52.5 Å². The van der Waals surface area contributed by atoms with E-state index in [-0.39, 0.29) is 5.75 Å². The molecular weight excluding hydrogens is 368 g/mol. The molecule has 7 heteroatoms. The third-order valence-corrected chi connectivity index (χ3v) is 4.07. The van der Waals surface area contributed by atoms with Crippen molar-refractivity contribution in [2.45, 2.75) is 45.1 Å². The number of alkyl halides is 2. The van der Waals surface area contributed by atoms with Crippen molar-refractivity contribution < 1.29 is 13.5 Å². The van der Waals surface area contributed by atoms with Crippen molar-refractivity contribution in [2.75, 3.05) is 0 Å². The second-order valence-corrected chi connectivity index (χ2v) is 6.66. The molecule has 0 radical (unpaired) electrons. The number of benzene rings is 1. The predicted octanol–water partition coefficient (Wildman–Crippen LogP) is 4.75. The molecule has 0 aliphatic heterocycles. The molecule has 1 aromatic heterocycles. The lowest BCUT2D eigenvalue weighted by Crippen LogP contribution is -2.19. The third-order valence-electron chi connectivity index (χ3n) is 3.74. The van der Waals surface area contributed by atoms with Crippen LogP contribution in [0, 0.1) is 5.92 Å². The molecule has 124 valence electrons. The Morgan fingerprint density at radius 3 is 2.61 bits per heavy atom. The van der Waals surface area contributed by atoms with Crippen LogP contribution < -0.4 is 4.74 Å². The molecule has 23 heavy (non-hydrogen) atoms. The second-order valence-electron chi connectivity index (χ2n) is 5.95. The zero-order valence-corrected chi connectivity index (χ0v) is 14.4. The lowest BCUT2D eigenvalue weighted by atomic mass is 10.1. The standard InChI is InChI=1S/C16H18BrF2N3O/c1-16(18,19)23-13-9-7-12(8-10-13)22-14(20-15(17)21-22)4-2-3-11-5-6-11/h7-11H,2-6H2,1H3. The molecule has 0 spiro atoms. The van der Waals surface area contributed by atoms with E-state index in [0.717, 1.165) is 30.3 Å². The van der Waals surface area contributed by atoms with E-state index in [2.05, 4.69) is 30.7 Å². The van der Waals surface area contributed by atoms with Gasteiger partial charge in [0, 0.05) is 13.3 Å². The van der Waals surface area contributed by atoms with Crippen LogP contribution in [0.4, 0.5) is 8.78 Å². The SMILES string of the molecule is CC(F)(F)Oc1ccc(-n2nc(Br)nc2CCCC2CC2)cc1. The van der Waals surface area contributed by atoms with Crippen molar-refractivity contribution in [1.82, 2.24) is 14.8 Å². The van der Waals surface area contributed by atoms with Crippen LogP contribution in [0.5, 0.6) is 5.75 Å². The number of ether oxygens (including phenoxy) is 1. The number of hydrogen-bond acceptors (Lipinski definition) is 3. The minimum Gasteiger partial charge on any atom is -0.433 e. The summed E-state index contributed by atoms with van der Waals surface area (Å²) in [6, 6.07) is 6.42. The highest BCUT2D eigenvalue weighted by Gasteiger charge is 2.23. The van der Waals surface area contributed by atoms with E-state index >= 15 is 0 Å². The first-order valence-electron chi connectivity index (χ1n) is 7.69. The monoisotopic (exact) mass is 385 g/mol. The number of hydrogen-bond donors (Lipinski definition) is 0. The lowest BCUT2D eigenvalue weighted by Gasteiger charge is -2.13. The normalized spacial score (nSPS) is 15.0. The fraction of sp³-hybridized carbons (Fsp3) is 0.500. The summed E-state index contributed by atoms with van der Waals surface area (Å²) >= 11 is 3.30. The Morgan fingerprint density at radius 2 is 2.00 bits per heavy atom. The van der Waals surface area contributed by atoms with Crippen molar-refractivity contribution in [2.24, 2.45) is 5.92 Å². The minimum atomic E-state index is -3.19. The number of halogens is 3. The van der Waals surface area contributed by atoms with Gasteiger partial charge >= 0.3 is 6.11 Å². The van der Waals surface area contributed by atoms with E-state index in [1.807, 2.05) is 0 Å². The molecule has 1 fully saturated rings. The summed E-state index contributed by atoms with van der Waals surface area (Å²) < 4.78 is 32.5. The summed E-state index contributed by atoms with van der Waals surface area (Å²) in [5, 5.41) is 4.33. The Labute approximate surface area is 142 Å². The van der Waals surface area contributed by atoms with E-state index in [9.17, 15) is 8.78 Å². The lowest BCUT2D eigenvalue weighted by molar-refractivity contribution is -0.158. The maximum Gasteiger partial charge on any atom is 0.394 e. The molecule has 0 N–H and O–H groups in total. The van der Waals surface area contributed by atoms with E-state index in [1.165, 1.54) is 31.4 Å². The van der Waals surface area contributed by atoms with Crippen molar-refractivity contribution in [3.63, 3.8) is 0 Å². The highest BCUT2D eigenvalue weighted by Crippen LogP contribution is 2.34. The van der Waals surface area contributed by atoms with E-state index in [4.69, 9.17) is 0 Å². The summed E-state index contributed by atoms with van der Waals surface area (Å²) in [6.45, 7) is 0.716. The van der Waals surface area contributed by atoms with Crippen LogP contribution in [0.2, 0.25) is 0 Å². The highest BCUT2D eigenvalue weighted by molar-refractivity contribution is 9.10. The Balaban J connectivity index is 1.72. The van der Waals surface area contributed by atoms with Crippen molar-refractivity contribution in [1.29, 1.82) is 0 Å². The van der Waals surface area contributed by atoms with Gasteiger partial charge in [0.15, 0.2) is 0 Å². The molecule has 1 aromatic carbocycles. The van der Waals surface area contributed by atoms with Crippen LogP contribution in [0.1, 0.15) is 38.4 Å². The highest BCUT2D eigenvalue weighted by atomic mass is 79.9. The number of nitrogens with zero attached hydrogens (tertiary/aromatic N) is 3. The van der Waals surface area contributed by atoms with Crippen LogP contribution in [0.25, 0.3) is 5.69 Å². The zero-order valence-electron chi connectivity index (χ0n) is 12.8. The quantitative estimate of drug-likeness (QED) is 0.689. The van der Waals surface area contributed by atoms with Gasteiger partial charge in [0.1, 0.15) is 11.6 Å². The number of aromatic nitrogens is 3. The first-order chi connectivity index (χ1) is 10.9. The van der Waals surface area contributed by atoms with Gasteiger partial charge < -0.3 is 4.74 Å². The van der Waals surface area contributed by atoms with Gasteiger partial charge in [-0.3, -0.25) is 0 Å². The van der Waals surface area contributed by atoms with Crippen LogP contribution in [0.15, 0.2) is 29.0 Å². The van der Waals surface area contributed by atoms with E-state index in [1.54, 1.807) is 16.8 Å². The molecule has 2 aromatic rings. The molecule has 0 saturated heterocycles. The molecule has 0 bridgehead atoms. The van der Waals surface area contributed by atoms with Crippen molar-refractivity contribution in [3.8, 4) is 11.4 Å². The summed E-state index contributed by atoms with van der Waals surface area (Å²) in [5.41, 5.74) is 0.774. The topological polar surface area (TPSA) is 39.9 Å². The first kappa shape index (κ1) is 16.4. The average Bonchev–Trinajstić information content (AvgIpc) is 3.20. The average molecular weight is 386 g/mol. The maximum absolute atomic E-state index is 12.9. The van der Waals surface area contributed by atoms with Gasteiger partial charge in [-0.15, -0.1) is 5.10 Å². The summed E-state index contributed by atoms with van der Waals surface area (Å²) in [7, 11) is 0. The first-order valence-corrected chi connectivity index (χ1v) is 8.49. The molecule has 0 amide bonds. The molecule has 1 aliphatic rings. The van der Waals surface area contributed by atoms with Gasteiger partial charge in [-0.25, -0.2) is 9.67 Å². The smallest absolute Gasteiger partial charge is 0.394 e. The molecule has 1 heterocycles. The van der Waals surface area contributed by atoms with Gasteiger partial charge in [-0.2, -0.15) is 8.78 Å². The Morgan fingerprint density at radius 1 is 1.30 bits per heavy atom. The molecule has 1 aliphatic carbocycles. The van der Waals surface area contributed by atoms with E-state index < -0.39 is 6.11 Å². The fourth-order valence-electron chi connectivity index (χ4n) is 2.50. The summed E-state index contributed by atoms with van der Waals surface area (Å²) in [6.07, 6.45) is 2.66. The largest absolute Gasteiger partial charge is 0.433 e. The zero-order chi connectivity index (χ0) is 16.4. The molecule has 0 unspecified atom stereocenters. The molecule has 0 atom stereocenters. The van der Waals surface area contributed by atoms with Crippen LogP contribution >= 0.6 is 15.9 Å². The number of aryl methyl sites for hydroxylation is 1. The number of rotatable bonds is 7. The van der Waals surface area contributed by atoms with Crippen LogP contribution in [-0.4, -0.2) is 20.9 Å². The Hall–Kier alpha value is -1.50. The molecule has 4 nitrogen and oxygen atoms in total.